The molecule has 3 heteroatoms. The third-order valence-corrected chi connectivity index (χ3v) is 3.10. The molecule has 0 atom stereocenters. The van der Waals surface area contributed by atoms with Gasteiger partial charge in [0.25, 0.3) is 5.92 Å². The first-order chi connectivity index (χ1) is 7.61. The molecule has 0 aromatic heterocycles. The summed E-state index contributed by atoms with van der Waals surface area (Å²) in [6.07, 6.45) is 1.58. The Bertz CT molecular complexity index is 345. The summed E-state index contributed by atoms with van der Waals surface area (Å²) < 4.78 is 26.5. The number of alkyl halides is 2. The molecule has 0 saturated carbocycles. The van der Waals surface area contributed by atoms with Crippen LogP contribution in [0.4, 0.5) is 14.5 Å². The van der Waals surface area contributed by atoms with Gasteiger partial charge in [0.15, 0.2) is 0 Å². The monoisotopic (exact) mass is 225 g/mol. The number of hydrogen-bond donors (Lipinski definition) is 0. The molecule has 0 amide bonds. The van der Waals surface area contributed by atoms with E-state index in [9.17, 15) is 8.78 Å². The van der Waals surface area contributed by atoms with E-state index < -0.39 is 5.92 Å². The van der Waals surface area contributed by atoms with Crippen LogP contribution in [-0.4, -0.2) is 19.0 Å². The van der Waals surface area contributed by atoms with Crippen LogP contribution >= 0.6 is 0 Å². The fourth-order valence-corrected chi connectivity index (χ4v) is 2.13. The first-order valence-electron chi connectivity index (χ1n) is 5.82. The van der Waals surface area contributed by atoms with E-state index >= 15 is 0 Å². The summed E-state index contributed by atoms with van der Waals surface area (Å²) in [4.78, 5) is 1.78. The normalized spacial score (nSPS) is 19.8. The second-order valence-electron chi connectivity index (χ2n) is 4.40. The molecule has 1 aromatic carbocycles. The summed E-state index contributed by atoms with van der Waals surface area (Å²) in [7, 11) is 0. The molecular weight excluding hydrogens is 208 g/mol. The molecule has 0 radical (unpaired) electrons. The van der Waals surface area contributed by atoms with Gasteiger partial charge in [-0.1, -0.05) is 19.1 Å². The highest BCUT2D eigenvalue weighted by molar-refractivity contribution is 5.48. The van der Waals surface area contributed by atoms with Crippen molar-refractivity contribution in [3.63, 3.8) is 0 Å². The van der Waals surface area contributed by atoms with Gasteiger partial charge >= 0.3 is 0 Å². The van der Waals surface area contributed by atoms with Crippen LogP contribution in [0.2, 0.25) is 0 Å². The predicted octanol–water partition coefficient (Wildman–Crippen LogP) is 3.48. The minimum atomic E-state index is -2.53. The van der Waals surface area contributed by atoms with Gasteiger partial charge in [-0.15, -0.1) is 0 Å². The SMILES string of the molecule is CCc1ccc(N2CCCC(F)(F)C2)cc1. The smallest absolute Gasteiger partial charge is 0.265 e. The number of nitrogens with zero attached hydrogens (tertiary/aromatic N) is 1. The van der Waals surface area contributed by atoms with Crippen molar-refractivity contribution in [3.05, 3.63) is 29.8 Å². The maximum absolute atomic E-state index is 13.2. The van der Waals surface area contributed by atoms with Gasteiger partial charge in [-0.3, -0.25) is 0 Å². The average molecular weight is 225 g/mol. The molecule has 2 rings (SSSR count). The van der Waals surface area contributed by atoms with Crippen molar-refractivity contribution in [2.75, 3.05) is 18.0 Å². The molecule has 1 aliphatic heterocycles. The topological polar surface area (TPSA) is 3.24 Å². The quantitative estimate of drug-likeness (QED) is 0.744. The number of halogens is 2. The first-order valence-corrected chi connectivity index (χ1v) is 5.82. The first kappa shape index (κ1) is 11.4. The van der Waals surface area contributed by atoms with Gasteiger partial charge in [-0.05, 0) is 30.5 Å². The van der Waals surface area contributed by atoms with Gasteiger partial charge in [0, 0.05) is 18.7 Å². The summed E-state index contributed by atoms with van der Waals surface area (Å²) in [6, 6.07) is 7.92. The average Bonchev–Trinajstić information content (AvgIpc) is 2.28. The zero-order valence-corrected chi connectivity index (χ0v) is 9.55. The Morgan fingerprint density at radius 2 is 1.94 bits per heavy atom. The summed E-state index contributed by atoms with van der Waals surface area (Å²) in [5.74, 6) is -2.53. The van der Waals surface area contributed by atoms with E-state index in [-0.39, 0.29) is 13.0 Å². The highest BCUT2D eigenvalue weighted by Gasteiger charge is 2.35. The van der Waals surface area contributed by atoms with Gasteiger partial charge in [0.1, 0.15) is 0 Å². The Morgan fingerprint density at radius 3 is 2.50 bits per heavy atom. The molecule has 1 aromatic rings. The van der Waals surface area contributed by atoms with E-state index in [4.69, 9.17) is 0 Å². The van der Waals surface area contributed by atoms with Gasteiger partial charge < -0.3 is 4.90 Å². The summed E-state index contributed by atoms with van der Waals surface area (Å²) in [5, 5.41) is 0. The number of anilines is 1. The molecule has 1 saturated heterocycles. The molecule has 88 valence electrons. The molecule has 1 nitrogen and oxygen atoms in total. The minimum Gasteiger partial charge on any atom is -0.365 e. The fraction of sp³-hybridized carbons (Fsp3) is 0.538. The summed E-state index contributed by atoms with van der Waals surface area (Å²) >= 11 is 0. The van der Waals surface area contributed by atoms with Crippen molar-refractivity contribution in [3.8, 4) is 0 Å². The minimum absolute atomic E-state index is 0.0243. The zero-order chi connectivity index (χ0) is 11.6. The number of rotatable bonds is 2. The number of aryl methyl sites for hydroxylation is 1. The molecule has 0 spiro atoms. The molecule has 0 bridgehead atoms. The van der Waals surface area contributed by atoms with Crippen LogP contribution in [-0.2, 0) is 6.42 Å². The van der Waals surface area contributed by atoms with Crippen LogP contribution in [0.3, 0.4) is 0 Å². The molecule has 16 heavy (non-hydrogen) atoms. The molecule has 0 aliphatic carbocycles. The standard InChI is InChI=1S/C13H17F2N/c1-2-11-4-6-12(7-5-11)16-9-3-8-13(14,15)10-16/h4-7H,2-3,8-10H2,1H3. The maximum atomic E-state index is 13.2. The third-order valence-electron chi connectivity index (χ3n) is 3.10. The molecule has 0 N–H and O–H groups in total. The molecule has 0 unspecified atom stereocenters. The highest BCUT2D eigenvalue weighted by Crippen LogP contribution is 2.29. The lowest BCUT2D eigenvalue weighted by Crippen LogP contribution is -2.42. The maximum Gasteiger partial charge on any atom is 0.265 e. The van der Waals surface area contributed by atoms with Crippen molar-refractivity contribution in [1.29, 1.82) is 0 Å². The van der Waals surface area contributed by atoms with Crippen LogP contribution in [0.1, 0.15) is 25.3 Å². The Morgan fingerprint density at radius 1 is 1.25 bits per heavy atom. The summed E-state index contributed by atoms with van der Waals surface area (Å²) in [6.45, 7) is 2.68. The van der Waals surface area contributed by atoms with Gasteiger partial charge in [0.2, 0.25) is 0 Å². The lowest BCUT2D eigenvalue weighted by Gasteiger charge is -2.34. The van der Waals surface area contributed by atoms with Crippen LogP contribution in [0.25, 0.3) is 0 Å². The predicted molar refractivity (Wildman–Crippen MR) is 62.2 cm³/mol. The van der Waals surface area contributed by atoms with Crippen molar-refractivity contribution < 1.29 is 8.78 Å². The molecule has 1 fully saturated rings. The lowest BCUT2D eigenvalue weighted by molar-refractivity contribution is -0.0116. The van der Waals surface area contributed by atoms with Crippen molar-refractivity contribution in [2.24, 2.45) is 0 Å². The Hall–Kier alpha value is -1.12. The number of piperidine rings is 1. The van der Waals surface area contributed by atoms with Crippen molar-refractivity contribution >= 4 is 5.69 Å². The van der Waals surface area contributed by atoms with Crippen LogP contribution in [0.15, 0.2) is 24.3 Å². The Balaban J connectivity index is 2.11. The third kappa shape index (κ3) is 2.52. The largest absolute Gasteiger partial charge is 0.365 e. The zero-order valence-electron chi connectivity index (χ0n) is 9.55. The second kappa shape index (κ2) is 4.40. The Labute approximate surface area is 95.1 Å². The van der Waals surface area contributed by atoms with Gasteiger partial charge in [-0.25, -0.2) is 8.78 Å². The summed E-state index contributed by atoms with van der Waals surface area (Å²) in [5.41, 5.74) is 2.16. The van der Waals surface area contributed by atoms with Crippen LogP contribution in [0.5, 0.6) is 0 Å². The molecular formula is C13H17F2N. The number of benzene rings is 1. The van der Waals surface area contributed by atoms with E-state index in [1.807, 2.05) is 24.3 Å². The van der Waals surface area contributed by atoms with Crippen molar-refractivity contribution in [1.82, 2.24) is 0 Å². The Kier molecular flexibility index (Phi) is 3.13. The van der Waals surface area contributed by atoms with E-state index in [0.717, 1.165) is 18.7 Å². The van der Waals surface area contributed by atoms with E-state index in [1.165, 1.54) is 5.56 Å². The molecule has 1 aliphatic rings. The second-order valence-corrected chi connectivity index (χ2v) is 4.40. The van der Waals surface area contributed by atoms with Gasteiger partial charge in [-0.2, -0.15) is 0 Å². The fourth-order valence-electron chi connectivity index (χ4n) is 2.13. The van der Waals surface area contributed by atoms with Crippen LogP contribution in [0, 0.1) is 0 Å². The van der Waals surface area contributed by atoms with E-state index in [1.54, 1.807) is 4.90 Å². The van der Waals surface area contributed by atoms with E-state index in [2.05, 4.69) is 6.92 Å². The van der Waals surface area contributed by atoms with Gasteiger partial charge in [0.05, 0.1) is 6.54 Å². The lowest BCUT2D eigenvalue weighted by atomic mass is 10.1. The number of hydrogen-bond acceptors (Lipinski definition) is 1. The molecule has 1 heterocycles. The van der Waals surface area contributed by atoms with E-state index in [0.29, 0.717) is 6.42 Å². The van der Waals surface area contributed by atoms with Crippen molar-refractivity contribution in [2.45, 2.75) is 32.1 Å². The van der Waals surface area contributed by atoms with Crippen LogP contribution < -0.4 is 4.90 Å². The highest BCUT2D eigenvalue weighted by atomic mass is 19.3.